The Morgan fingerprint density at radius 3 is 3.29 bits per heavy atom. The average molecular weight is 208 g/mol. The van der Waals surface area contributed by atoms with Crippen LogP contribution in [0.15, 0.2) is 18.2 Å². The zero-order valence-corrected chi connectivity index (χ0v) is 8.38. The molecular formula is C10H10ClN3. The van der Waals surface area contributed by atoms with E-state index in [9.17, 15) is 0 Å². The molecule has 2 heterocycles. The number of benzene rings is 1. The molecule has 1 N–H and O–H groups in total. The van der Waals surface area contributed by atoms with E-state index in [1.54, 1.807) is 0 Å². The summed E-state index contributed by atoms with van der Waals surface area (Å²) in [6, 6.07) is 5.87. The van der Waals surface area contributed by atoms with Gasteiger partial charge in [0.2, 0.25) is 0 Å². The van der Waals surface area contributed by atoms with Gasteiger partial charge in [-0.05, 0) is 12.1 Å². The van der Waals surface area contributed by atoms with Gasteiger partial charge in [-0.2, -0.15) is 0 Å². The van der Waals surface area contributed by atoms with Crippen LogP contribution in [0, 0.1) is 0 Å². The summed E-state index contributed by atoms with van der Waals surface area (Å²) >= 11 is 6.15. The van der Waals surface area contributed by atoms with Crippen molar-refractivity contribution in [2.75, 3.05) is 6.54 Å². The van der Waals surface area contributed by atoms with Crippen LogP contribution < -0.4 is 5.32 Å². The number of rotatable bonds is 0. The minimum atomic E-state index is 0.795. The third kappa shape index (κ3) is 1.06. The molecule has 0 spiro atoms. The Morgan fingerprint density at radius 1 is 1.43 bits per heavy atom. The van der Waals surface area contributed by atoms with Gasteiger partial charge in [0.25, 0.3) is 0 Å². The minimum Gasteiger partial charge on any atom is -0.324 e. The molecule has 0 radical (unpaired) electrons. The van der Waals surface area contributed by atoms with Crippen LogP contribution in [-0.4, -0.2) is 16.1 Å². The number of hydrogen-bond acceptors (Lipinski definition) is 2. The minimum absolute atomic E-state index is 0.795. The summed E-state index contributed by atoms with van der Waals surface area (Å²) in [5, 5.41) is 4.09. The van der Waals surface area contributed by atoms with Crippen LogP contribution in [0.3, 0.4) is 0 Å². The van der Waals surface area contributed by atoms with Gasteiger partial charge in [0.1, 0.15) is 5.82 Å². The van der Waals surface area contributed by atoms with Crippen LogP contribution >= 0.6 is 11.6 Å². The van der Waals surface area contributed by atoms with Gasteiger partial charge in [-0.3, -0.25) is 0 Å². The van der Waals surface area contributed by atoms with E-state index in [1.165, 1.54) is 0 Å². The number of imidazole rings is 1. The maximum Gasteiger partial charge on any atom is 0.123 e. The van der Waals surface area contributed by atoms with Gasteiger partial charge in [-0.15, -0.1) is 0 Å². The van der Waals surface area contributed by atoms with Gasteiger partial charge in [0, 0.05) is 13.1 Å². The molecule has 72 valence electrons. The molecule has 3 nitrogen and oxygen atoms in total. The molecule has 2 aromatic rings. The van der Waals surface area contributed by atoms with Crippen molar-refractivity contribution in [3.05, 3.63) is 29.0 Å². The van der Waals surface area contributed by atoms with Crippen molar-refractivity contribution in [3.63, 3.8) is 0 Å². The second-order valence-electron chi connectivity index (χ2n) is 3.46. The Labute approximate surface area is 86.7 Å². The predicted octanol–water partition coefficient (Wildman–Crippen LogP) is 1.79. The van der Waals surface area contributed by atoms with Crippen molar-refractivity contribution < 1.29 is 0 Å². The number of aromatic nitrogens is 2. The first kappa shape index (κ1) is 8.26. The largest absolute Gasteiger partial charge is 0.324 e. The summed E-state index contributed by atoms with van der Waals surface area (Å²) in [4.78, 5) is 4.53. The second-order valence-corrected chi connectivity index (χ2v) is 3.87. The SMILES string of the molecule is Clc1cccc2nc3n(c12)CCNC3. The van der Waals surface area contributed by atoms with Crippen LogP contribution in [0.25, 0.3) is 11.0 Å². The van der Waals surface area contributed by atoms with Crippen molar-refractivity contribution in [3.8, 4) is 0 Å². The molecule has 1 aliphatic heterocycles. The van der Waals surface area contributed by atoms with Crippen molar-refractivity contribution in [2.45, 2.75) is 13.1 Å². The molecule has 0 atom stereocenters. The highest BCUT2D eigenvalue weighted by atomic mass is 35.5. The number of fused-ring (bicyclic) bond motifs is 3. The summed E-state index contributed by atoms with van der Waals surface area (Å²) in [6.07, 6.45) is 0. The fraction of sp³-hybridized carbons (Fsp3) is 0.300. The maximum atomic E-state index is 6.15. The Hall–Kier alpha value is -1.06. The molecule has 0 unspecified atom stereocenters. The lowest BCUT2D eigenvalue weighted by Gasteiger charge is -2.15. The molecular weight excluding hydrogens is 198 g/mol. The highest BCUT2D eigenvalue weighted by Crippen LogP contribution is 2.25. The van der Waals surface area contributed by atoms with E-state index in [1.807, 2.05) is 18.2 Å². The van der Waals surface area contributed by atoms with Crippen LogP contribution in [0.5, 0.6) is 0 Å². The molecule has 0 bridgehead atoms. The van der Waals surface area contributed by atoms with Crippen molar-refractivity contribution in [1.82, 2.24) is 14.9 Å². The Bertz CT molecular complexity index is 489. The molecule has 3 rings (SSSR count). The highest BCUT2D eigenvalue weighted by Gasteiger charge is 2.15. The molecule has 0 amide bonds. The fourth-order valence-electron chi connectivity index (χ4n) is 1.96. The molecule has 14 heavy (non-hydrogen) atoms. The summed E-state index contributed by atoms with van der Waals surface area (Å²) in [7, 11) is 0. The van der Waals surface area contributed by atoms with Crippen LogP contribution in [0.1, 0.15) is 5.82 Å². The number of nitrogens with zero attached hydrogens (tertiary/aromatic N) is 2. The molecule has 0 saturated carbocycles. The Morgan fingerprint density at radius 2 is 2.36 bits per heavy atom. The smallest absolute Gasteiger partial charge is 0.123 e. The van der Waals surface area contributed by atoms with E-state index >= 15 is 0 Å². The van der Waals surface area contributed by atoms with Gasteiger partial charge in [-0.1, -0.05) is 17.7 Å². The van der Waals surface area contributed by atoms with Gasteiger partial charge in [0.05, 0.1) is 22.6 Å². The second kappa shape index (κ2) is 2.97. The Balaban J connectivity index is 2.38. The lowest BCUT2D eigenvalue weighted by atomic mass is 10.3. The number of para-hydroxylation sites is 1. The van der Waals surface area contributed by atoms with Crippen LogP contribution in [0.4, 0.5) is 0 Å². The lowest BCUT2D eigenvalue weighted by molar-refractivity contribution is 0.514. The van der Waals surface area contributed by atoms with Crippen molar-refractivity contribution in [1.29, 1.82) is 0 Å². The summed E-state index contributed by atoms with van der Waals surface area (Å²) < 4.78 is 2.20. The highest BCUT2D eigenvalue weighted by molar-refractivity contribution is 6.35. The van der Waals surface area contributed by atoms with Crippen molar-refractivity contribution >= 4 is 22.6 Å². The lowest BCUT2D eigenvalue weighted by Crippen LogP contribution is -2.28. The third-order valence-corrected chi connectivity index (χ3v) is 2.90. The third-order valence-electron chi connectivity index (χ3n) is 2.59. The summed E-state index contributed by atoms with van der Waals surface area (Å²) in [6.45, 7) is 2.78. The molecule has 0 aliphatic carbocycles. The molecule has 0 fully saturated rings. The zero-order chi connectivity index (χ0) is 9.54. The number of halogens is 1. The van der Waals surface area contributed by atoms with Crippen LogP contribution in [0.2, 0.25) is 5.02 Å². The molecule has 1 aliphatic rings. The quantitative estimate of drug-likeness (QED) is 0.714. The summed E-state index contributed by atoms with van der Waals surface area (Å²) in [5.41, 5.74) is 2.07. The first-order valence-electron chi connectivity index (χ1n) is 4.70. The molecule has 1 aromatic heterocycles. The van der Waals surface area contributed by atoms with Crippen molar-refractivity contribution in [2.24, 2.45) is 0 Å². The van der Waals surface area contributed by atoms with Gasteiger partial charge < -0.3 is 9.88 Å². The van der Waals surface area contributed by atoms with E-state index in [0.29, 0.717) is 0 Å². The number of nitrogens with one attached hydrogen (secondary N) is 1. The Kier molecular flexibility index (Phi) is 1.75. The maximum absolute atomic E-state index is 6.15. The first-order valence-corrected chi connectivity index (χ1v) is 5.08. The van der Waals surface area contributed by atoms with E-state index in [0.717, 1.165) is 41.5 Å². The molecule has 1 aromatic carbocycles. The molecule has 4 heteroatoms. The monoisotopic (exact) mass is 207 g/mol. The topological polar surface area (TPSA) is 29.9 Å². The van der Waals surface area contributed by atoms with E-state index in [4.69, 9.17) is 11.6 Å². The van der Waals surface area contributed by atoms with E-state index < -0.39 is 0 Å². The predicted molar refractivity (Wildman–Crippen MR) is 56.4 cm³/mol. The standard InChI is InChI=1S/C10H10ClN3/c11-7-2-1-3-8-10(7)14-5-4-12-6-9(14)13-8/h1-3,12H,4-6H2. The van der Waals surface area contributed by atoms with E-state index in [-0.39, 0.29) is 0 Å². The average Bonchev–Trinajstić information content (AvgIpc) is 2.57. The normalized spacial score (nSPS) is 15.8. The van der Waals surface area contributed by atoms with E-state index in [2.05, 4.69) is 14.9 Å². The molecule has 0 saturated heterocycles. The number of hydrogen-bond donors (Lipinski definition) is 1. The van der Waals surface area contributed by atoms with Gasteiger partial charge in [0.15, 0.2) is 0 Å². The fourth-order valence-corrected chi connectivity index (χ4v) is 2.23. The zero-order valence-electron chi connectivity index (χ0n) is 7.63. The van der Waals surface area contributed by atoms with Gasteiger partial charge >= 0.3 is 0 Å². The van der Waals surface area contributed by atoms with Gasteiger partial charge in [-0.25, -0.2) is 4.98 Å². The first-order chi connectivity index (χ1) is 6.86. The summed E-state index contributed by atoms with van der Waals surface area (Å²) in [5.74, 6) is 1.08. The van der Waals surface area contributed by atoms with Crippen LogP contribution in [-0.2, 0) is 13.1 Å².